The van der Waals surface area contributed by atoms with E-state index in [1.165, 1.54) is 5.57 Å². The lowest BCUT2D eigenvalue weighted by Gasteiger charge is -2.44. The number of aliphatic hydroxyl groups excluding tert-OH is 2. The third kappa shape index (κ3) is 5.66. The molecule has 3 atom stereocenters. The molecule has 3 nitrogen and oxygen atoms in total. The van der Waals surface area contributed by atoms with Crippen LogP contribution in [-0.2, 0) is 4.74 Å². The minimum absolute atomic E-state index is 0.0359. The highest BCUT2D eigenvalue weighted by molar-refractivity contribution is 5.37. The molecule has 0 spiro atoms. The van der Waals surface area contributed by atoms with E-state index in [0.29, 0.717) is 6.42 Å². The highest BCUT2D eigenvalue weighted by atomic mass is 16.5. The van der Waals surface area contributed by atoms with Gasteiger partial charge in [-0.1, -0.05) is 62.0 Å². The highest BCUT2D eigenvalue weighted by Gasteiger charge is 2.50. The van der Waals surface area contributed by atoms with Crippen molar-refractivity contribution in [2.24, 2.45) is 5.41 Å². The van der Waals surface area contributed by atoms with E-state index in [1.807, 2.05) is 31.2 Å². The van der Waals surface area contributed by atoms with Gasteiger partial charge in [-0.25, -0.2) is 0 Å². The highest BCUT2D eigenvalue weighted by Crippen LogP contribution is 2.51. The predicted octanol–water partition coefficient (Wildman–Crippen LogP) is 5.19. The Morgan fingerprint density at radius 2 is 1.75 bits per heavy atom. The Hall–Kier alpha value is -1.68. The maximum Gasteiger partial charge on any atom is 0.0982 e. The molecule has 0 saturated heterocycles. The fourth-order valence-electron chi connectivity index (χ4n) is 4.23. The van der Waals surface area contributed by atoms with Crippen LogP contribution in [0.2, 0.25) is 0 Å². The molecular formula is C25H36O3. The summed E-state index contributed by atoms with van der Waals surface area (Å²) < 4.78 is 6.38. The molecule has 1 heterocycles. The molecule has 1 aliphatic carbocycles. The first-order valence-corrected chi connectivity index (χ1v) is 10.1. The molecule has 3 heteroatoms. The zero-order chi connectivity index (χ0) is 20.9. The molecule has 0 aromatic carbocycles. The van der Waals surface area contributed by atoms with Crippen molar-refractivity contribution in [2.75, 3.05) is 6.61 Å². The van der Waals surface area contributed by atoms with Crippen molar-refractivity contribution in [1.29, 1.82) is 0 Å². The van der Waals surface area contributed by atoms with E-state index in [2.05, 4.69) is 58.9 Å². The van der Waals surface area contributed by atoms with Crippen LogP contribution in [0.25, 0.3) is 0 Å². The molecule has 2 aliphatic rings. The number of ether oxygens (including phenoxy) is 1. The third-order valence-electron chi connectivity index (χ3n) is 5.64. The molecule has 2 rings (SSSR count). The van der Waals surface area contributed by atoms with Gasteiger partial charge in [0.05, 0.1) is 24.4 Å². The number of aliphatic hydroxyl groups is 2. The van der Waals surface area contributed by atoms with Crippen LogP contribution in [0.3, 0.4) is 0 Å². The van der Waals surface area contributed by atoms with E-state index < -0.39 is 0 Å². The average molecular weight is 385 g/mol. The molecule has 0 aromatic heterocycles. The third-order valence-corrected chi connectivity index (χ3v) is 5.64. The Bertz CT molecular complexity index is 746. The topological polar surface area (TPSA) is 49.7 Å². The largest absolute Gasteiger partial charge is 0.393 e. The molecule has 0 aromatic rings. The van der Waals surface area contributed by atoms with E-state index in [0.717, 1.165) is 23.1 Å². The zero-order valence-electron chi connectivity index (χ0n) is 18.2. The second kappa shape index (κ2) is 9.21. The normalized spacial score (nSPS) is 31.6. The maximum absolute atomic E-state index is 10.3. The molecule has 0 unspecified atom stereocenters. The van der Waals surface area contributed by atoms with Gasteiger partial charge in [0.2, 0.25) is 0 Å². The molecule has 0 radical (unpaired) electrons. The Morgan fingerprint density at radius 1 is 1.07 bits per heavy atom. The van der Waals surface area contributed by atoms with E-state index in [9.17, 15) is 5.11 Å². The maximum atomic E-state index is 10.3. The fraction of sp³-hybridized carbons (Fsp3) is 0.520. The van der Waals surface area contributed by atoms with E-state index in [-0.39, 0.29) is 29.8 Å². The Kier molecular flexibility index (Phi) is 7.44. The monoisotopic (exact) mass is 384 g/mol. The van der Waals surface area contributed by atoms with Crippen molar-refractivity contribution >= 4 is 0 Å². The van der Waals surface area contributed by atoms with Crippen molar-refractivity contribution in [2.45, 2.75) is 72.2 Å². The van der Waals surface area contributed by atoms with Crippen molar-refractivity contribution in [3.8, 4) is 0 Å². The van der Waals surface area contributed by atoms with Crippen LogP contribution >= 0.6 is 0 Å². The fourth-order valence-corrected chi connectivity index (χ4v) is 4.23. The van der Waals surface area contributed by atoms with Crippen LogP contribution in [0.5, 0.6) is 0 Å². The van der Waals surface area contributed by atoms with Gasteiger partial charge in [-0.15, -0.1) is 0 Å². The minimum Gasteiger partial charge on any atom is -0.393 e. The van der Waals surface area contributed by atoms with Gasteiger partial charge in [-0.2, -0.15) is 0 Å². The van der Waals surface area contributed by atoms with Gasteiger partial charge in [0.15, 0.2) is 0 Å². The van der Waals surface area contributed by atoms with Crippen LogP contribution in [-0.4, -0.2) is 34.6 Å². The molecule has 1 fully saturated rings. The van der Waals surface area contributed by atoms with E-state index in [4.69, 9.17) is 9.84 Å². The van der Waals surface area contributed by atoms with E-state index >= 15 is 0 Å². The number of hydrogen-bond donors (Lipinski definition) is 2. The minimum atomic E-state index is -0.370. The van der Waals surface area contributed by atoms with Crippen molar-refractivity contribution in [3.05, 3.63) is 70.9 Å². The lowest BCUT2D eigenvalue weighted by Crippen LogP contribution is -2.45. The molecule has 1 aliphatic heterocycles. The molecule has 2 N–H and O–H groups in total. The van der Waals surface area contributed by atoms with Crippen LogP contribution in [0.4, 0.5) is 0 Å². The molecular weight excluding hydrogens is 348 g/mol. The summed E-state index contributed by atoms with van der Waals surface area (Å²) >= 11 is 0. The first-order chi connectivity index (χ1) is 13.1. The zero-order valence-corrected chi connectivity index (χ0v) is 18.2. The Morgan fingerprint density at radius 3 is 2.43 bits per heavy atom. The molecule has 28 heavy (non-hydrogen) atoms. The van der Waals surface area contributed by atoms with Crippen LogP contribution < -0.4 is 0 Å². The second-order valence-corrected chi connectivity index (χ2v) is 9.03. The Balaban J connectivity index is 2.04. The van der Waals surface area contributed by atoms with Gasteiger partial charge in [0.25, 0.3) is 0 Å². The molecule has 1 saturated carbocycles. The number of allylic oxidation sites excluding steroid dienone is 8. The summed E-state index contributed by atoms with van der Waals surface area (Å²) in [6.07, 6.45) is 17.4. The van der Waals surface area contributed by atoms with Gasteiger partial charge >= 0.3 is 0 Å². The van der Waals surface area contributed by atoms with Gasteiger partial charge < -0.3 is 14.9 Å². The summed E-state index contributed by atoms with van der Waals surface area (Å²) in [7, 11) is 0. The summed E-state index contributed by atoms with van der Waals surface area (Å²) in [6.45, 7) is 12.6. The first-order valence-electron chi connectivity index (χ1n) is 10.1. The van der Waals surface area contributed by atoms with Gasteiger partial charge in [-0.3, -0.25) is 0 Å². The van der Waals surface area contributed by atoms with Crippen molar-refractivity contribution in [3.63, 3.8) is 0 Å². The number of fused-ring (bicyclic) bond motifs is 1. The van der Waals surface area contributed by atoms with Crippen molar-refractivity contribution < 1.29 is 14.9 Å². The van der Waals surface area contributed by atoms with Gasteiger partial charge in [0, 0.05) is 6.42 Å². The number of hydrogen-bond acceptors (Lipinski definition) is 3. The van der Waals surface area contributed by atoms with E-state index in [1.54, 1.807) is 0 Å². The summed E-state index contributed by atoms with van der Waals surface area (Å²) in [6, 6.07) is 0. The standard InChI is InChI=1S/C25H36O3/c1-18(10-7-8-11-19(2)17-26)12-9-13-20(3)22-14-23-24(4,5)15-21(27)16-25(23,6)28-22/h7-14,21-22,26-27H,15-17H2,1-6H3/b8-7+,12-9+,18-10+,19-11+,20-13+/t21-,22-,25+/m0/s1. The average Bonchev–Trinajstić information content (AvgIpc) is 2.96. The second-order valence-electron chi connectivity index (χ2n) is 9.03. The molecule has 154 valence electrons. The quantitative estimate of drug-likeness (QED) is 0.489. The summed E-state index contributed by atoms with van der Waals surface area (Å²) in [5.74, 6) is 0. The smallest absolute Gasteiger partial charge is 0.0982 e. The lowest BCUT2D eigenvalue weighted by molar-refractivity contribution is -0.0683. The summed E-state index contributed by atoms with van der Waals surface area (Å²) in [5, 5.41) is 19.2. The van der Waals surface area contributed by atoms with Crippen LogP contribution in [0.15, 0.2) is 70.9 Å². The van der Waals surface area contributed by atoms with Crippen molar-refractivity contribution in [1.82, 2.24) is 0 Å². The predicted molar refractivity (Wildman–Crippen MR) is 117 cm³/mol. The molecule has 0 bridgehead atoms. The van der Waals surface area contributed by atoms with Gasteiger partial charge in [-0.05, 0) is 62.3 Å². The molecule has 0 amide bonds. The van der Waals surface area contributed by atoms with Crippen LogP contribution in [0, 0.1) is 5.41 Å². The Labute approximate surface area is 170 Å². The summed E-state index contributed by atoms with van der Waals surface area (Å²) in [5.41, 5.74) is 4.16. The SMILES string of the molecule is CC(/C=C/C=C(\C)[C@@H]1C=C2C(C)(C)C[C@H](O)C[C@@]2(C)O1)=C\C=C\C=C(/C)CO. The number of rotatable bonds is 6. The lowest BCUT2D eigenvalue weighted by atomic mass is 9.65. The van der Waals surface area contributed by atoms with Gasteiger partial charge in [0.1, 0.15) is 0 Å². The van der Waals surface area contributed by atoms with Crippen LogP contribution in [0.1, 0.15) is 54.4 Å². The summed E-state index contributed by atoms with van der Waals surface area (Å²) in [4.78, 5) is 0. The first kappa shape index (κ1) is 22.6.